The molecule has 0 N–H and O–H groups in total. The predicted molar refractivity (Wildman–Crippen MR) is 125 cm³/mol. The molecule has 0 atom stereocenters. The van der Waals surface area contributed by atoms with Gasteiger partial charge in [0.25, 0.3) is 0 Å². The van der Waals surface area contributed by atoms with Crippen LogP contribution < -0.4 is 14.5 Å². The minimum Gasteiger partial charge on any atom is -0.494 e. The lowest BCUT2D eigenvalue weighted by atomic mass is 10.3. The van der Waals surface area contributed by atoms with Crippen LogP contribution >= 0.6 is 57.5 Å². The molecule has 150 valence electrons. The summed E-state index contributed by atoms with van der Waals surface area (Å²) in [5.41, 5.74) is 1.59. The molecule has 5 rings (SSSR count). The van der Waals surface area contributed by atoms with E-state index in [1.54, 1.807) is 35.8 Å². The van der Waals surface area contributed by atoms with Crippen LogP contribution in [-0.2, 0) is 0 Å². The van der Waals surface area contributed by atoms with Crippen LogP contribution in [0.1, 0.15) is 0 Å². The molecule has 2 aromatic carbocycles. The number of ether oxygens (including phenoxy) is 1. The van der Waals surface area contributed by atoms with Crippen molar-refractivity contribution in [1.29, 1.82) is 0 Å². The Kier molecular flexibility index (Phi) is 5.12. The van der Waals surface area contributed by atoms with Crippen LogP contribution in [0.4, 0.5) is 10.3 Å². The number of rotatable bonds is 3. The van der Waals surface area contributed by atoms with Crippen molar-refractivity contribution in [2.75, 3.05) is 43.1 Å². The Labute approximate surface area is 190 Å². The Morgan fingerprint density at radius 1 is 0.759 bits per heavy atom. The number of halogens is 3. The minimum absolute atomic E-state index is 0.630. The largest absolute Gasteiger partial charge is 0.494 e. The first kappa shape index (κ1) is 19.5. The maximum absolute atomic E-state index is 6.37. The van der Waals surface area contributed by atoms with E-state index in [2.05, 4.69) is 9.80 Å². The van der Waals surface area contributed by atoms with Crippen molar-refractivity contribution in [3.8, 4) is 5.75 Å². The molecule has 0 aliphatic carbocycles. The van der Waals surface area contributed by atoms with Gasteiger partial charge >= 0.3 is 0 Å². The van der Waals surface area contributed by atoms with Crippen LogP contribution in [0.15, 0.2) is 24.3 Å². The van der Waals surface area contributed by atoms with Crippen molar-refractivity contribution in [1.82, 2.24) is 9.97 Å². The van der Waals surface area contributed by atoms with E-state index in [0.717, 1.165) is 62.6 Å². The molecule has 3 heterocycles. The van der Waals surface area contributed by atoms with Gasteiger partial charge in [-0.25, -0.2) is 9.97 Å². The van der Waals surface area contributed by atoms with E-state index in [1.165, 1.54) is 0 Å². The first-order valence-electron chi connectivity index (χ1n) is 8.92. The molecule has 1 saturated heterocycles. The highest BCUT2D eigenvalue weighted by Crippen LogP contribution is 2.40. The van der Waals surface area contributed by atoms with Crippen molar-refractivity contribution >= 4 is 88.2 Å². The van der Waals surface area contributed by atoms with E-state index >= 15 is 0 Å². The zero-order chi connectivity index (χ0) is 20.1. The highest BCUT2D eigenvalue weighted by Gasteiger charge is 2.24. The summed E-state index contributed by atoms with van der Waals surface area (Å²) in [5, 5.41) is 3.93. The lowest BCUT2D eigenvalue weighted by Gasteiger charge is -2.34. The number of anilines is 2. The van der Waals surface area contributed by atoms with Crippen molar-refractivity contribution in [3.05, 3.63) is 39.3 Å². The lowest BCUT2D eigenvalue weighted by molar-refractivity contribution is 0.419. The highest BCUT2D eigenvalue weighted by molar-refractivity contribution is 7.23. The van der Waals surface area contributed by atoms with Crippen LogP contribution in [-0.4, -0.2) is 43.3 Å². The fourth-order valence-corrected chi connectivity index (χ4v) is 6.28. The van der Waals surface area contributed by atoms with Crippen LogP contribution in [0.3, 0.4) is 0 Å². The first-order chi connectivity index (χ1) is 14.0. The number of piperazine rings is 1. The normalized spacial score (nSPS) is 14.9. The summed E-state index contributed by atoms with van der Waals surface area (Å²) in [6.07, 6.45) is 0. The quantitative estimate of drug-likeness (QED) is 0.345. The van der Waals surface area contributed by atoms with Crippen molar-refractivity contribution in [2.45, 2.75) is 0 Å². The Bertz CT molecular complexity index is 1180. The molecule has 0 bridgehead atoms. The van der Waals surface area contributed by atoms with Crippen LogP contribution in [0.25, 0.3) is 20.4 Å². The molecule has 5 nitrogen and oxygen atoms in total. The molecule has 0 amide bonds. The average molecular weight is 486 g/mol. The summed E-state index contributed by atoms with van der Waals surface area (Å²) < 4.78 is 7.33. The summed E-state index contributed by atoms with van der Waals surface area (Å²) in [6.45, 7) is 3.37. The third-order valence-corrected chi connectivity index (χ3v) is 8.38. The van der Waals surface area contributed by atoms with Crippen LogP contribution in [0, 0.1) is 0 Å². The third kappa shape index (κ3) is 3.39. The van der Waals surface area contributed by atoms with E-state index < -0.39 is 0 Å². The first-order valence-corrected chi connectivity index (χ1v) is 11.7. The van der Waals surface area contributed by atoms with Gasteiger partial charge in [-0.15, -0.1) is 0 Å². The fraction of sp³-hybridized carbons (Fsp3) is 0.263. The van der Waals surface area contributed by atoms with Gasteiger partial charge in [-0.05, 0) is 24.3 Å². The van der Waals surface area contributed by atoms with Crippen LogP contribution in [0.5, 0.6) is 5.75 Å². The van der Waals surface area contributed by atoms with E-state index in [-0.39, 0.29) is 0 Å². The molecular formula is C19H15Cl3N4OS2. The Morgan fingerprint density at radius 2 is 1.24 bits per heavy atom. The van der Waals surface area contributed by atoms with Gasteiger partial charge in [-0.2, -0.15) is 0 Å². The Morgan fingerprint density at radius 3 is 1.79 bits per heavy atom. The molecule has 29 heavy (non-hydrogen) atoms. The Balaban J connectivity index is 1.38. The maximum Gasteiger partial charge on any atom is 0.186 e. The molecule has 10 heteroatoms. The van der Waals surface area contributed by atoms with Gasteiger partial charge in [-0.3, -0.25) is 0 Å². The van der Waals surface area contributed by atoms with Gasteiger partial charge in [0.2, 0.25) is 0 Å². The predicted octanol–water partition coefficient (Wildman–Crippen LogP) is 6.20. The van der Waals surface area contributed by atoms with Crippen molar-refractivity contribution in [3.63, 3.8) is 0 Å². The van der Waals surface area contributed by atoms with E-state index in [0.29, 0.717) is 15.1 Å². The van der Waals surface area contributed by atoms with Gasteiger partial charge < -0.3 is 14.5 Å². The van der Waals surface area contributed by atoms with E-state index in [4.69, 9.17) is 49.5 Å². The number of nitrogens with zero attached hydrogens (tertiary/aromatic N) is 4. The molecule has 1 fully saturated rings. The van der Waals surface area contributed by atoms with Gasteiger partial charge in [0.1, 0.15) is 16.8 Å². The number of fused-ring (bicyclic) bond motifs is 2. The minimum atomic E-state index is 0.630. The number of benzene rings is 2. The standard InChI is InChI=1S/C19H15Cl3N4OS2/c1-27-13-5-4-12(22)17-15(13)24-19(29-17)26-8-6-25(7-9-26)18-23-14-10(20)2-3-11(21)16(14)28-18/h2-5H,6-9H2,1H3. The molecule has 1 aliphatic rings. The molecule has 1 aliphatic heterocycles. The zero-order valence-electron chi connectivity index (χ0n) is 15.3. The SMILES string of the molecule is COc1ccc(Cl)c2sc(N3CCN(c4nc5c(Cl)ccc(Cl)c5s4)CC3)nc12. The van der Waals surface area contributed by atoms with Gasteiger partial charge in [0.15, 0.2) is 10.3 Å². The molecule has 4 aromatic rings. The van der Waals surface area contributed by atoms with Gasteiger partial charge in [-0.1, -0.05) is 57.5 Å². The number of methoxy groups -OCH3 is 1. The highest BCUT2D eigenvalue weighted by atomic mass is 35.5. The summed E-state index contributed by atoms with van der Waals surface area (Å²) in [4.78, 5) is 14.1. The summed E-state index contributed by atoms with van der Waals surface area (Å²) >= 11 is 22.2. The summed E-state index contributed by atoms with van der Waals surface area (Å²) in [5.74, 6) is 0.744. The second kappa shape index (κ2) is 7.63. The van der Waals surface area contributed by atoms with Crippen molar-refractivity contribution in [2.24, 2.45) is 0 Å². The number of aromatic nitrogens is 2. The number of hydrogen-bond acceptors (Lipinski definition) is 7. The second-order valence-corrected chi connectivity index (χ2v) is 9.78. The Hall–Kier alpha value is -1.51. The van der Waals surface area contributed by atoms with E-state index in [9.17, 15) is 0 Å². The third-order valence-electron chi connectivity index (χ3n) is 4.92. The second-order valence-electron chi connectivity index (χ2n) is 6.60. The van der Waals surface area contributed by atoms with Gasteiger partial charge in [0, 0.05) is 26.2 Å². The average Bonchev–Trinajstić information content (AvgIpc) is 3.38. The number of thiazole rings is 2. The maximum atomic E-state index is 6.37. The fourth-order valence-electron chi connectivity index (χ4n) is 3.40. The van der Waals surface area contributed by atoms with E-state index in [1.807, 2.05) is 18.2 Å². The zero-order valence-corrected chi connectivity index (χ0v) is 19.2. The van der Waals surface area contributed by atoms with Crippen LogP contribution in [0.2, 0.25) is 15.1 Å². The summed E-state index contributed by atoms with van der Waals surface area (Å²) in [6, 6.07) is 7.32. The van der Waals surface area contributed by atoms with Gasteiger partial charge in [0.05, 0.1) is 31.6 Å². The molecule has 2 aromatic heterocycles. The topological polar surface area (TPSA) is 41.5 Å². The lowest BCUT2D eigenvalue weighted by Crippen LogP contribution is -2.46. The molecular weight excluding hydrogens is 471 g/mol. The summed E-state index contributed by atoms with van der Waals surface area (Å²) in [7, 11) is 1.65. The van der Waals surface area contributed by atoms with Crippen molar-refractivity contribution < 1.29 is 4.74 Å². The molecule has 0 unspecified atom stereocenters. The molecule has 0 radical (unpaired) electrons. The molecule has 0 spiro atoms. The smallest absolute Gasteiger partial charge is 0.186 e. The molecule has 0 saturated carbocycles. The number of hydrogen-bond donors (Lipinski definition) is 0. The monoisotopic (exact) mass is 484 g/mol.